The molecule has 1 aliphatic rings. The zero-order valence-corrected chi connectivity index (χ0v) is 18.8. The van der Waals surface area contributed by atoms with Crippen LogP contribution in [0.2, 0.25) is 0 Å². The second-order valence-electron chi connectivity index (χ2n) is 9.02. The molecule has 1 saturated heterocycles. The number of aliphatic hydroxyl groups excluding tert-OH is 1. The molecular formula is C22H30N6O4. The van der Waals surface area contributed by atoms with E-state index in [1.54, 1.807) is 30.5 Å². The van der Waals surface area contributed by atoms with Crippen molar-refractivity contribution in [2.75, 3.05) is 13.6 Å². The van der Waals surface area contributed by atoms with E-state index in [9.17, 15) is 19.5 Å². The van der Waals surface area contributed by atoms with E-state index in [0.717, 1.165) is 0 Å². The molecule has 32 heavy (non-hydrogen) atoms. The number of nitrogens with zero attached hydrogens (tertiary/aromatic N) is 4. The van der Waals surface area contributed by atoms with Crippen molar-refractivity contribution in [3.05, 3.63) is 47.8 Å². The Bertz CT molecular complexity index is 968. The van der Waals surface area contributed by atoms with Crippen molar-refractivity contribution >= 4 is 17.7 Å². The highest BCUT2D eigenvalue weighted by Gasteiger charge is 2.44. The number of benzene rings is 1. The van der Waals surface area contributed by atoms with Gasteiger partial charge in [-0.05, 0) is 17.5 Å². The lowest BCUT2D eigenvalue weighted by atomic mass is 9.85. The first-order valence-electron chi connectivity index (χ1n) is 10.6. The Morgan fingerprint density at radius 1 is 1.22 bits per heavy atom. The summed E-state index contributed by atoms with van der Waals surface area (Å²) in [5, 5.41) is 23.7. The largest absolute Gasteiger partial charge is 0.391 e. The average Bonchev–Trinajstić information content (AvgIpc) is 3.37. The van der Waals surface area contributed by atoms with Gasteiger partial charge in [-0.25, -0.2) is 4.68 Å². The molecule has 0 saturated carbocycles. The monoisotopic (exact) mass is 442 g/mol. The molecule has 172 valence electrons. The Hall–Kier alpha value is -3.27. The molecule has 2 heterocycles. The van der Waals surface area contributed by atoms with E-state index < -0.39 is 23.6 Å². The van der Waals surface area contributed by atoms with Crippen molar-refractivity contribution in [3.63, 3.8) is 0 Å². The maximum Gasteiger partial charge on any atom is 0.251 e. The second-order valence-corrected chi connectivity index (χ2v) is 9.02. The van der Waals surface area contributed by atoms with E-state index in [4.69, 9.17) is 0 Å². The molecule has 1 fully saturated rings. The van der Waals surface area contributed by atoms with Gasteiger partial charge in [-0.1, -0.05) is 44.2 Å². The molecule has 1 aromatic heterocycles. The van der Waals surface area contributed by atoms with Gasteiger partial charge in [0.2, 0.25) is 11.8 Å². The van der Waals surface area contributed by atoms with E-state index in [1.165, 1.54) is 16.6 Å². The Morgan fingerprint density at radius 2 is 1.91 bits per heavy atom. The normalized spacial score (nSPS) is 19.5. The first-order valence-corrected chi connectivity index (χ1v) is 10.6. The van der Waals surface area contributed by atoms with Crippen LogP contribution in [0, 0.1) is 5.41 Å². The number of likely N-dealkylation sites (tertiary alicyclic amines) is 1. The third-order valence-corrected chi connectivity index (χ3v) is 5.45. The Labute approximate surface area is 187 Å². The van der Waals surface area contributed by atoms with Gasteiger partial charge in [-0.3, -0.25) is 14.4 Å². The van der Waals surface area contributed by atoms with Crippen LogP contribution >= 0.6 is 0 Å². The Kier molecular flexibility index (Phi) is 6.93. The SMILES string of the molecule is CNC(=O)C1CC(O)CN1C(=O)[C@@H](n1cc(CNC(=O)c2ccccc2)nn1)C(C)(C)C. The standard InChI is InChI=1S/C22H30N6O4/c1-22(2,3)18(21(32)27-13-16(29)10-17(27)20(31)23-4)28-12-15(25-26-28)11-24-19(30)14-8-6-5-7-9-14/h5-9,12,16-18,29H,10-11,13H2,1-4H3,(H,23,31)(H,24,30)/t16?,17?,18-/m1/s1. The van der Waals surface area contributed by atoms with Crippen LogP contribution in [0.5, 0.6) is 0 Å². The van der Waals surface area contributed by atoms with Crippen LogP contribution in [0.25, 0.3) is 0 Å². The molecule has 3 atom stereocenters. The minimum Gasteiger partial charge on any atom is -0.391 e. The number of likely N-dealkylation sites (N-methyl/N-ethyl adjacent to an activating group) is 1. The van der Waals surface area contributed by atoms with Crippen molar-refractivity contribution < 1.29 is 19.5 Å². The average molecular weight is 443 g/mol. The van der Waals surface area contributed by atoms with Gasteiger partial charge in [-0.2, -0.15) is 0 Å². The third kappa shape index (κ3) is 5.13. The van der Waals surface area contributed by atoms with Crippen LogP contribution in [0.4, 0.5) is 0 Å². The summed E-state index contributed by atoms with van der Waals surface area (Å²) in [6, 6.07) is 7.35. The van der Waals surface area contributed by atoms with Gasteiger partial charge in [-0.15, -0.1) is 5.10 Å². The number of amides is 3. The lowest BCUT2D eigenvalue weighted by Gasteiger charge is -2.34. The van der Waals surface area contributed by atoms with Crippen LogP contribution in [-0.2, 0) is 16.1 Å². The molecule has 2 aromatic rings. The van der Waals surface area contributed by atoms with E-state index in [0.29, 0.717) is 11.3 Å². The molecule has 0 bridgehead atoms. The highest BCUT2D eigenvalue weighted by Crippen LogP contribution is 2.34. The van der Waals surface area contributed by atoms with Gasteiger partial charge < -0.3 is 20.6 Å². The van der Waals surface area contributed by atoms with E-state index >= 15 is 0 Å². The van der Waals surface area contributed by atoms with E-state index in [2.05, 4.69) is 20.9 Å². The molecule has 0 radical (unpaired) electrons. The van der Waals surface area contributed by atoms with Gasteiger partial charge in [0.1, 0.15) is 17.8 Å². The topological polar surface area (TPSA) is 129 Å². The van der Waals surface area contributed by atoms with Crippen molar-refractivity contribution in [2.45, 2.75) is 51.9 Å². The van der Waals surface area contributed by atoms with E-state index in [-0.39, 0.29) is 37.2 Å². The summed E-state index contributed by atoms with van der Waals surface area (Å²) in [6.07, 6.45) is 1.05. The molecule has 3 rings (SSSR count). The molecule has 2 unspecified atom stereocenters. The van der Waals surface area contributed by atoms with Crippen molar-refractivity contribution in [3.8, 4) is 0 Å². The van der Waals surface area contributed by atoms with E-state index in [1.807, 2.05) is 26.8 Å². The predicted octanol–water partition coefficient (Wildman–Crippen LogP) is 0.503. The first kappa shape index (κ1) is 23.4. The lowest BCUT2D eigenvalue weighted by Crippen LogP contribution is -2.49. The minimum atomic E-state index is -0.763. The maximum absolute atomic E-state index is 13.5. The molecule has 10 heteroatoms. The zero-order chi connectivity index (χ0) is 23.5. The molecule has 3 amide bonds. The Morgan fingerprint density at radius 3 is 2.53 bits per heavy atom. The number of carbonyl (C=O) groups excluding carboxylic acids is 3. The highest BCUT2D eigenvalue weighted by molar-refractivity contribution is 5.94. The summed E-state index contributed by atoms with van der Waals surface area (Å²) in [6.45, 7) is 5.93. The number of aliphatic hydroxyl groups is 1. The fourth-order valence-corrected chi connectivity index (χ4v) is 3.89. The van der Waals surface area contributed by atoms with Crippen molar-refractivity contribution in [2.24, 2.45) is 5.41 Å². The van der Waals surface area contributed by atoms with Gasteiger partial charge in [0, 0.05) is 25.6 Å². The number of aromatic nitrogens is 3. The fraction of sp³-hybridized carbons (Fsp3) is 0.500. The van der Waals surface area contributed by atoms with Crippen molar-refractivity contribution in [1.29, 1.82) is 0 Å². The highest BCUT2D eigenvalue weighted by atomic mass is 16.3. The molecule has 10 nitrogen and oxygen atoms in total. The van der Waals surface area contributed by atoms with Crippen LogP contribution in [0.15, 0.2) is 36.5 Å². The predicted molar refractivity (Wildman–Crippen MR) is 116 cm³/mol. The number of nitrogens with one attached hydrogen (secondary N) is 2. The minimum absolute atomic E-state index is 0.0815. The summed E-state index contributed by atoms with van der Waals surface area (Å²) in [7, 11) is 1.50. The quantitative estimate of drug-likeness (QED) is 0.598. The van der Waals surface area contributed by atoms with Crippen LogP contribution < -0.4 is 10.6 Å². The molecule has 3 N–H and O–H groups in total. The van der Waals surface area contributed by atoms with Crippen LogP contribution in [-0.4, -0.2) is 68.5 Å². The summed E-state index contributed by atoms with van der Waals surface area (Å²) in [5.41, 5.74) is 0.493. The maximum atomic E-state index is 13.5. The Balaban J connectivity index is 1.77. The summed E-state index contributed by atoms with van der Waals surface area (Å²) < 4.78 is 1.47. The number of rotatable bonds is 6. The fourth-order valence-electron chi connectivity index (χ4n) is 3.89. The first-order chi connectivity index (χ1) is 15.1. The summed E-state index contributed by atoms with van der Waals surface area (Å²) in [4.78, 5) is 39.5. The zero-order valence-electron chi connectivity index (χ0n) is 18.8. The molecule has 1 aliphatic heterocycles. The van der Waals surface area contributed by atoms with Gasteiger partial charge in [0.25, 0.3) is 5.91 Å². The van der Waals surface area contributed by atoms with Gasteiger partial charge in [0.05, 0.1) is 18.8 Å². The number of hydrogen-bond acceptors (Lipinski definition) is 6. The summed E-state index contributed by atoms with van der Waals surface area (Å²) in [5.74, 6) is -0.860. The smallest absolute Gasteiger partial charge is 0.251 e. The summed E-state index contributed by atoms with van der Waals surface area (Å²) >= 11 is 0. The number of β-amino-alcohol motifs (C(OH)–C–C–N with tert-alkyl or cyclic N) is 1. The molecule has 1 aromatic carbocycles. The third-order valence-electron chi connectivity index (χ3n) is 5.45. The lowest BCUT2D eigenvalue weighted by molar-refractivity contribution is -0.144. The molecule has 0 aliphatic carbocycles. The molecule has 0 spiro atoms. The molecular weight excluding hydrogens is 412 g/mol. The van der Waals surface area contributed by atoms with Crippen LogP contribution in [0.1, 0.15) is 49.3 Å². The van der Waals surface area contributed by atoms with Crippen molar-refractivity contribution in [1.82, 2.24) is 30.5 Å². The van der Waals surface area contributed by atoms with Gasteiger partial charge >= 0.3 is 0 Å². The number of hydrogen-bond donors (Lipinski definition) is 3. The van der Waals surface area contributed by atoms with Crippen LogP contribution in [0.3, 0.4) is 0 Å². The van der Waals surface area contributed by atoms with Gasteiger partial charge in [0.15, 0.2) is 0 Å². The number of carbonyl (C=O) groups is 3. The second kappa shape index (κ2) is 9.47.